The highest BCUT2D eigenvalue weighted by molar-refractivity contribution is 5.94. The zero-order valence-electron chi connectivity index (χ0n) is 13.8. The summed E-state index contributed by atoms with van der Waals surface area (Å²) in [6.45, 7) is 3.13. The van der Waals surface area contributed by atoms with Gasteiger partial charge in [0.25, 0.3) is 5.91 Å². The Hall–Kier alpha value is -2.56. The first-order valence-electron chi connectivity index (χ1n) is 8.39. The number of H-pyrrole nitrogens is 1. The van der Waals surface area contributed by atoms with Crippen LogP contribution in [0.1, 0.15) is 35.8 Å². The number of pyridine rings is 1. The molecule has 0 aliphatic carbocycles. The van der Waals surface area contributed by atoms with E-state index >= 15 is 0 Å². The minimum absolute atomic E-state index is 0.0436. The molecule has 3 rings (SSSR count). The van der Waals surface area contributed by atoms with Gasteiger partial charge in [0.15, 0.2) is 0 Å². The van der Waals surface area contributed by atoms with Crippen molar-refractivity contribution in [1.82, 2.24) is 9.88 Å². The summed E-state index contributed by atoms with van der Waals surface area (Å²) in [5.74, 6) is 0.719. The van der Waals surface area contributed by atoms with E-state index in [1.165, 1.54) is 6.07 Å². The second kappa shape index (κ2) is 7.34. The SMILES string of the molecule is CCc1cc(C(=O)N2CCCC2COc2ccccc2)cc(=O)[nH]1. The van der Waals surface area contributed by atoms with Crippen LogP contribution in [-0.2, 0) is 6.42 Å². The molecular weight excluding hydrogens is 304 g/mol. The van der Waals surface area contributed by atoms with Gasteiger partial charge in [-0.25, -0.2) is 0 Å². The molecule has 1 unspecified atom stereocenters. The van der Waals surface area contributed by atoms with Gasteiger partial charge in [0.1, 0.15) is 12.4 Å². The Kier molecular flexibility index (Phi) is 4.99. The molecule has 0 radical (unpaired) electrons. The van der Waals surface area contributed by atoms with E-state index in [4.69, 9.17) is 4.74 Å². The number of benzene rings is 1. The number of aromatic amines is 1. The molecule has 1 amide bonds. The number of likely N-dealkylation sites (tertiary alicyclic amines) is 1. The average Bonchev–Trinajstić information content (AvgIpc) is 3.08. The molecule has 1 atom stereocenters. The van der Waals surface area contributed by atoms with Crippen molar-refractivity contribution in [2.24, 2.45) is 0 Å². The van der Waals surface area contributed by atoms with Gasteiger partial charge in [0, 0.05) is 23.9 Å². The van der Waals surface area contributed by atoms with E-state index in [-0.39, 0.29) is 17.5 Å². The van der Waals surface area contributed by atoms with Gasteiger partial charge in [-0.05, 0) is 37.5 Å². The van der Waals surface area contributed by atoms with Gasteiger partial charge in [0.05, 0.1) is 6.04 Å². The van der Waals surface area contributed by atoms with E-state index in [1.54, 1.807) is 6.07 Å². The number of aryl methyl sites for hydroxylation is 1. The lowest BCUT2D eigenvalue weighted by atomic mass is 10.1. The minimum atomic E-state index is -0.228. The summed E-state index contributed by atoms with van der Waals surface area (Å²) in [5.41, 5.74) is 1.01. The van der Waals surface area contributed by atoms with E-state index in [0.717, 1.165) is 24.3 Å². The molecule has 1 saturated heterocycles. The Morgan fingerprint density at radius 1 is 1.29 bits per heavy atom. The minimum Gasteiger partial charge on any atom is -0.491 e. The van der Waals surface area contributed by atoms with Crippen LogP contribution in [0.25, 0.3) is 0 Å². The van der Waals surface area contributed by atoms with E-state index in [1.807, 2.05) is 42.2 Å². The highest BCUT2D eigenvalue weighted by Crippen LogP contribution is 2.21. The number of carbonyl (C=O) groups is 1. The maximum absolute atomic E-state index is 12.8. The van der Waals surface area contributed by atoms with Crippen molar-refractivity contribution >= 4 is 5.91 Å². The van der Waals surface area contributed by atoms with E-state index in [9.17, 15) is 9.59 Å². The predicted molar refractivity (Wildman–Crippen MR) is 92.4 cm³/mol. The fourth-order valence-electron chi connectivity index (χ4n) is 3.07. The first-order chi connectivity index (χ1) is 11.7. The van der Waals surface area contributed by atoms with Gasteiger partial charge in [0.2, 0.25) is 5.56 Å². The molecule has 1 aliphatic rings. The maximum atomic E-state index is 12.8. The van der Waals surface area contributed by atoms with Gasteiger partial charge in [-0.3, -0.25) is 9.59 Å². The lowest BCUT2D eigenvalue weighted by molar-refractivity contribution is 0.0691. The zero-order valence-corrected chi connectivity index (χ0v) is 13.8. The largest absolute Gasteiger partial charge is 0.491 e. The second-order valence-electron chi connectivity index (χ2n) is 6.03. The number of hydrogen-bond donors (Lipinski definition) is 1. The number of aromatic nitrogens is 1. The van der Waals surface area contributed by atoms with Crippen molar-refractivity contribution in [3.05, 3.63) is 64.1 Å². The number of nitrogens with zero attached hydrogens (tertiary/aromatic N) is 1. The molecule has 2 heterocycles. The predicted octanol–water partition coefficient (Wildman–Crippen LogP) is 2.62. The summed E-state index contributed by atoms with van der Waals surface area (Å²) in [4.78, 5) is 29.1. The van der Waals surface area contributed by atoms with Crippen LogP contribution in [0, 0.1) is 0 Å². The monoisotopic (exact) mass is 326 g/mol. The average molecular weight is 326 g/mol. The van der Waals surface area contributed by atoms with Gasteiger partial charge < -0.3 is 14.6 Å². The van der Waals surface area contributed by atoms with E-state index in [2.05, 4.69) is 4.98 Å². The summed E-state index contributed by atoms with van der Waals surface area (Å²) >= 11 is 0. The fourth-order valence-corrected chi connectivity index (χ4v) is 3.07. The topological polar surface area (TPSA) is 62.4 Å². The van der Waals surface area contributed by atoms with Gasteiger partial charge in [-0.2, -0.15) is 0 Å². The van der Waals surface area contributed by atoms with Crippen LogP contribution in [-0.4, -0.2) is 35.0 Å². The van der Waals surface area contributed by atoms with Crippen LogP contribution >= 0.6 is 0 Å². The first kappa shape index (κ1) is 16.3. The molecule has 1 fully saturated rings. The van der Waals surface area contributed by atoms with E-state index < -0.39 is 0 Å². The molecule has 0 spiro atoms. The molecule has 24 heavy (non-hydrogen) atoms. The van der Waals surface area contributed by atoms with E-state index in [0.29, 0.717) is 25.1 Å². The summed E-state index contributed by atoms with van der Waals surface area (Å²) in [6, 6.07) is 12.8. The van der Waals surface area contributed by atoms with Crippen LogP contribution in [0.5, 0.6) is 5.75 Å². The summed E-state index contributed by atoms with van der Waals surface area (Å²) in [7, 11) is 0. The summed E-state index contributed by atoms with van der Waals surface area (Å²) in [5, 5.41) is 0. The number of hydrogen-bond acceptors (Lipinski definition) is 3. The van der Waals surface area contributed by atoms with Crippen LogP contribution < -0.4 is 10.3 Å². The molecular formula is C19H22N2O3. The normalized spacial score (nSPS) is 17.0. The van der Waals surface area contributed by atoms with Crippen molar-refractivity contribution in [2.75, 3.05) is 13.2 Å². The smallest absolute Gasteiger partial charge is 0.254 e. The van der Waals surface area contributed by atoms with Crippen LogP contribution in [0.4, 0.5) is 0 Å². The highest BCUT2D eigenvalue weighted by Gasteiger charge is 2.30. The Balaban J connectivity index is 1.71. The van der Waals surface area contributed by atoms with Crippen molar-refractivity contribution < 1.29 is 9.53 Å². The fraction of sp³-hybridized carbons (Fsp3) is 0.368. The Morgan fingerprint density at radius 3 is 2.83 bits per heavy atom. The summed E-state index contributed by atoms with van der Waals surface area (Å²) in [6.07, 6.45) is 2.57. The second-order valence-corrected chi connectivity index (χ2v) is 6.03. The Labute approximate surface area is 141 Å². The number of rotatable bonds is 5. The molecule has 126 valence electrons. The van der Waals surface area contributed by atoms with Gasteiger partial charge in [-0.1, -0.05) is 25.1 Å². The van der Waals surface area contributed by atoms with Crippen LogP contribution in [0.15, 0.2) is 47.3 Å². The number of carbonyl (C=O) groups excluding carboxylic acids is 1. The highest BCUT2D eigenvalue weighted by atomic mass is 16.5. The molecule has 1 aliphatic heterocycles. The third kappa shape index (κ3) is 3.67. The standard InChI is InChI=1S/C19H22N2O3/c1-2-15-11-14(12-18(22)20-15)19(23)21-10-6-7-16(21)13-24-17-8-4-3-5-9-17/h3-5,8-9,11-12,16H,2,6-7,10,13H2,1H3,(H,20,22). The van der Waals surface area contributed by atoms with Crippen molar-refractivity contribution in [3.63, 3.8) is 0 Å². The molecule has 5 nitrogen and oxygen atoms in total. The Morgan fingerprint density at radius 2 is 2.08 bits per heavy atom. The third-order valence-electron chi connectivity index (χ3n) is 4.35. The Bertz CT molecular complexity index is 755. The summed E-state index contributed by atoms with van der Waals surface area (Å²) < 4.78 is 5.81. The zero-order chi connectivity index (χ0) is 16.9. The molecule has 2 aromatic rings. The quantitative estimate of drug-likeness (QED) is 0.919. The first-order valence-corrected chi connectivity index (χ1v) is 8.39. The number of amides is 1. The maximum Gasteiger partial charge on any atom is 0.254 e. The number of ether oxygens (including phenoxy) is 1. The molecule has 1 aromatic heterocycles. The van der Waals surface area contributed by atoms with Crippen molar-refractivity contribution in [2.45, 2.75) is 32.2 Å². The van der Waals surface area contributed by atoms with Crippen LogP contribution in [0.2, 0.25) is 0 Å². The molecule has 5 heteroatoms. The lowest BCUT2D eigenvalue weighted by Gasteiger charge is -2.25. The molecule has 1 aromatic carbocycles. The number of para-hydroxylation sites is 1. The molecule has 1 N–H and O–H groups in total. The van der Waals surface area contributed by atoms with Gasteiger partial charge in [-0.15, -0.1) is 0 Å². The van der Waals surface area contributed by atoms with Crippen molar-refractivity contribution in [1.29, 1.82) is 0 Å². The molecule has 0 bridgehead atoms. The lowest BCUT2D eigenvalue weighted by Crippen LogP contribution is -2.39. The van der Waals surface area contributed by atoms with Gasteiger partial charge >= 0.3 is 0 Å². The third-order valence-corrected chi connectivity index (χ3v) is 4.35. The molecule has 0 saturated carbocycles. The number of nitrogens with one attached hydrogen (secondary N) is 1. The van der Waals surface area contributed by atoms with Crippen molar-refractivity contribution in [3.8, 4) is 5.75 Å². The van der Waals surface area contributed by atoms with Crippen LogP contribution in [0.3, 0.4) is 0 Å².